The molecule has 0 saturated carbocycles. The van der Waals surface area contributed by atoms with E-state index in [2.05, 4.69) is 15.6 Å². The number of amides is 4. The Labute approximate surface area is 151 Å². The van der Waals surface area contributed by atoms with Gasteiger partial charge in [0, 0.05) is 38.7 Å². The van der Waals surface area contributed by atoms with Crippen LogP contribution in [-0.2, 0) is 22.8 Å². The monoisotopic (exact) mass is 383 g/mol. The zero-order valence-corrected chi connectivity index (χ0v) is 14.3. The predicted molar refractivity (Wildman–Crippen MR) is 88.7 cm³/mol. The molecule has 4 amide bonds. The third kappa shape index (κ3) is 3.86. The summed E-state index contributed by atoms with van der Waals surface area (Å²) >= 11 is 0. The Balaban J connectivity index is 1.68. The lowest BCUT2D eigenvalue weighted by molar-refractivity contribution is -0.146. The van der Waals surface area contributed by atoms with E-state index in [0.29, 0.717) is 0 Å². The van der Waals surface area contributed by atoms with E-state index in [4.69, 9.17) is 0 Å². The maximum atomic E-state index is 12.9. The third-order valence-electron chi connectivity index (χ3n) is 4.14. The Morgan fingerprint density at radius 3 is 2.74 bits per heavy atom. The summed E-state index contributed by atoms with van der Waals surface area (Å²) in [6, 6.07) is 3.67. The molecule has 1 fully saturated rings. The number of nitrogens with one attached hydrogen (secondary N) is 2. The molecule has 0 bridgehead atoms. The minimum absolute atomic E-state index is 0.0828. The summed E-state index contributed by atoms with van der Waals surface area (Å²) in [6.07, 6.45) is -4.54. The molecule has 11 heteroatoms. The first kappa shape index (κ1) is 18.7. The van der Waals surface area contributed by atoms with Crippen LogP contribution in [0.4, 0.5) is 23.7 Å². The number of alkyl halides is 3. The van der Waals surface area contributed by atoms with Gasteiger partial charge in [-0.1, -0.05) is 0 Å². The molecule has 2 heterocycles. The van der Waals surface area contributed by atoms with Crippen LogP contribution in [0, 0.1) is 0 Å². The lowest BCUT2D eigenvalue weighted by atomic mass is 10.2. The predicted octanol–water partition coefficient (Wildman–Crippen LogP) is 1.86. The highest BCUT2D eigenvalue weighted by molar-refractivity contribution is 5.98. The van der Waals surface area contributed by atoms with Crippen molar-refractivity contribution in [3.63, 3.8) is 0 Å². The van der Waals surface area contributed by atoms with E-state index in [0.717, 1.165) is 9.47 Å². The Morgan fingerprint density at radius 2 is 2.07 bits per heavy atom. The van der Waals surface area contributed by atoms with Crippen molar-refractivity contribution in [2.24, 2.45) is 7.05 Å². The first-order chi connectivity index (χ1) is 12.7. The number of urea groups is 1. The van der Waals surface area contributed by atoms with Gasteiger partial charge in [0.2, 0.25) is 17.6 Å². The second-order valence-corrected chi connectivity index (χ2v) is 6.02. The summed E-state index contributed by atoms with van der Waals surface area (Å²) in [5, 5.41) is 5.04. The molecule has 1 saturated heterocycles. The molecule has 2 N–H and O–H groups in total. The summed E-state index contributed by atoms with van der Waals surface area (Å²) in [5.41, 5.74) is 0.637. The number of hydrogen-bond donors (Lipinski definition) is 2. The molecule has 0 atom stereocenters. The van der Waals surface area contributed by atoms with E-state index >= 15 is 0 Å². The van der Waals surface area contributed by atoms with Crippen LogP contribution in [0.25, 0.3) is 11.0 Å². The quantitative estimate of drug-likeness (QED) is 0.842. The smallest absolute Gasteiger partial charge is 0.337 e. The number of anilines is 1. The number of aryl methyl sites for hydroxylation is 1. The Bertz CT molecular complexity index is 906. The van der Waals surface area contributed by atoms with E-state index in [-0.39, 0.29) is 48.6 Å². The van der Waals surface area contributed by atoms with E-state index in [1.54, 1.807) is 0 Å². The summed E-state index contributed by atoms with van der Waals surface area (Å²) < 4.78 is 39.7. The van der Waals surface area contributed by atoms with Gasteiger partial charge in [0.25, 0.3) is 0 Å². The number of nitrogens with zero attached hydrogens (tertiary/aromatic N) is 3. The fourth-order valence-corrected chi connectivity index (χ4v) is 2.81. The van der Waals surface area contributed by atoms with E-state index in [1.807, 2.05) is 0 Å². The van der Waals surface area contributed by atoms with Crippen LogP contribution in [0.5, 0.6) is 0 Å². The van der Waals surface area contributed by atoms with E-state index in [9.17, 15) is 27.6 Å². The highest BCUT2D eigenvalue weighted by atomic mass is 19.4. The standard InChI is InChI=1S/C16H16F3N5O3/c1-23-11-3-2-9(8-10(11)22-14(23)16(17,18)19)21-12(25)5-7-24-13(26)4-6-20-15(24)27/h2-3,8H,4-7H2,1H3,(H,20,27)(H,21,25). The average molecular weight is 383 g/mol. The van der Waals surface area contributed by atoms with Crippen LogP contribution in [-0.4, -0.2) is 45.4 Å². The van der Waals surface area contributed by atoms with Crippen LogP contribution >= 0.6 is 0 Å². The van der Waals surface area contributed by atoms with Gasteiger partial charge in [-0.3, -0.25) is 14.5 Å². The number of aromatic nitrogens is 2. The van der Waals surface area contributed by atoms with Gasteiger partial charge in [-0.05, 0) is 18.2 Å². The van der Waals surface area contributed by atoms with Gasteiger partial charge < -0.3 is 15.2 Å². The molecule has 1 aromatic heterocycles. The topological polar surface area (TPSA) is 96.3 Å². The van der Waals surface area contributed by atoms with Crippen molar-refractivity contribution in [2.75, 3.05) is 18.4 Å². The molecule has 2 aromatic rings. The number of carbonyl (C=O) groups is 3. The lowest BCUT2D eigenvalue weighted by Crippen LogP contribution is -2.50. The maximum Gasteiger partial charge on any atom is 0.449 e. The second-order valence-electron chi connectivity index (χ2n) is 6.02. The highest BCUT2D eigenvalue weighted by Gasteiger charge is 2.36. The van der Waals surface area contributed by atoms with Gasteiger partial charge in [0.1, 0.15) is 0 Å². The van der Waals surface area contributed by atoms with Crippen LogP contribution in [0.15, 0.2) is 18.2 Å². The summed E-state index contributed by atoms with van der Waals surface area (Å²) in [6.45, 7) is 0.185. The van der Waals surface area contributed by atoms with Gasteiger partial charge >= 0.3 is 12.2 Å². The molecule has 1 aromatic carbocycles. The Kier molecular flexibility index (Phi) is 4.77. The van der Waals surface area contributed by atoms with Crippen molar-refractivity contribution >= 4 is 34.6 Å². The zero-order valence-electron chi connectivity index (χ0n) is 14.3. The zero-order chi connectivity index (χ0) is 19.8. The average Bonchev–Trinajstić information content (AvgIpc) is 2.91. The van der Waals surface area contributed by atoms with Crippen molar-refractivity contribution in [1.82, 2.24) is 19.8 Å². The second kappa shape index (κ2) is 6.89. The van der Waals surface area contributed by atoms with Crippen LogP contribution in [0.3, 0.4) is 0 Å². The normalized spacial score (nSPS) is 15.2. The number of halogens is 3. The van der Waals surface area contributed by atoms with Gasteiger partial charge in [-0.25, -0.2) is 9.78 Å². The minimum atomic E-state index is -4.58. The number of benzene rings is 1. The minimum Gasteiger partial charge on any atom is -0.337 e. The SMILES string of the molecule is Cn1c(C(F)(F)F)nc2cc(NC(=O)CCN3C(=O)CCNC3=O)ccc21. The summed E-state index contributed by atoms with van der Waals surface area (Å²) in [7, 11) is 1.26. The Hall–Kier alpha value is -3.11. The highest BCUT2D eigenvalue weighted by Crippen LogP contribution is 2.31. The van der Waals surface area contributed by atoms with Crippen molar-refractivity contribution in [1.29, 1.82) is 0 Å². The molecular weight excluding hydrogens is 367 g/mol. The lowest BCUT2D eigenvalue weighted by Gasteiger charge is -2.25. The largest absolute Gasteiger partial charge is 0.449 e. The van der Waals surface area contributed by atoms with Gasteiger partial charge in [-0.15, -0.1) is 0 Å². The maximum absolute atomic E-state index is 12.9. The molecule has 1 aliphatic rings. The van der Waals surface area contributed by atoms with E-state index < -0.39 is 23.9 Å². The van der Waals surface area contributed by atoms with Crippen molar-refractivity contribution in [3.05, 3.63) is 24.0 Å². The number of imide groups is 1. The van der Waals surface area contributed by atoms with Crippen molar-refractivity contribution < 1.29 is 27.6 Å². The molecule has 27 heavy (non-hydrogen) atoms. The van der Waals surface area contributed by atoms with Crippen LogP contribution in [0.1, 0.15) is 18.7 Å². The van der Waals surface area contributed by atoms with Crippen LogP contribution in [0.2, 0.25) is 0 Å². The number of carbonyl (C=O) groups excluding carboxylic acids is 3. The van der Waals surface area contributed by atoms with Gasteiger partial charge in [0.05, 0.1) is 11.0 Å². The number of rotatable bonds is 4. The molecule has 1 aliphatic heterocycles. The molecule has 0 aliphatic carbocycles. The molecule has 8 nitrogen and oxygen atoms in total. The Morgan fingerprint density at radius 1 is 1.33 bits per heavy atom. The van der Waals surface area contributed by atoms with Crippen molar-refractivity contribution in [2.45, 2.75) is 19.0 Å². The van der Waals surface area contributed by atoms with Gasteiger partial charge in [-0.2, -0.15) is 13.2 Å². The summed E-state index contributed by atoms with van der Waals surface area (Å²) in [5.74, 6) is -1.87. The molecule has 0 spiro atoms. The van der Waals surface area contributed by atoms with E-state index in [1.165, 1.54) is 25.2 Å². The first-order valence-electron chi connectivity index (χ1n) is 8.08. The van der Waals surface area contributed by atoms with Crippen LogP contribution < -0.4 is 10.6 Å². The number of imidazole rings is 1. The van der Waals surface area contributed by atoms with Crippen molar-refractivity contribution in [3.8, 4) is 0 Å². The fraction of sp³-hybridized carbons (Fsp3) is 0.375. The number of hydrogen-bond acceptors (Lipinski definition) is 4. The summed E-state index contributed by atoms with van der Waals surface area (Å²) in [4.78, 5) is 39.8. The van der Waals surface area contributed by atoms with Gasteiger partial charge in [0.15, 0.2) is 0 Å². The molecule has 0 unspecified atom stereocenters. The molecular formula is C16H16F3N5O3. The fourth-order valence-electron chi connectivity index (χ4n) is 2.81. The first-order valence-corrected chi connectivity index (χ1v) is 8.08. The number of fused-ring (bicyclic) bond motifs is 1. The molecule has 144 valence electrons. The molecule has 3 rings (SSSR count). The third-order valence-corrected chi connectivity index (χ3v) is 4.14. The molecule has 0 radical (unpaired) electrons.